The quantitative estimate of drug-likeness (QED) is 0.700. The van der Waals surface area contributed by atoms with Gasteiger partial charge in [0.2, 0.25) is 0 Å². The van der Waals surface area contributed by atoms with E-state index in [9.17, 15) is 9.59 Å². The molecule has 1 aromatic heterocycles. The Hall–Kier alpha value is -2.73. The number of carbonyl (C=O) groups is 1. The first kappa shape index (κ1) is 18.1. The number of fused-ring (bicyclic) bond motifs is 1. The van der Waals surface area contributed by atoms with Crippen molar-refractivity contribution >= 4 is 29.0 Å². The first-order valence-electron chi connectivity index (χ1n) is 8.57. The van der Waals surface area contributed by atoms with E-state index in [-0.39, 0.29) is 11.5 Å². The lowest BCUT2D eigenvalue weighted by molar-refractivity contribution is 0.0743. The van der Waals surface area contributed by atoms with Crippen LogP contribution in [0.3, 0.4) is 0 Å². The summed E-state index contributed by atoms with van der Waals surface area (Å²) in [5.74, 6) is -0.0578. The molecular formula is C20H21N3O2S. The van der Waals surface area contributed by atoms with Crippen LogP contribution in [0.2, 0.25) is 0 Å². The van der Waals surface area contributed by atoms with Crippen molar-refractivity contribution in [2.45, 2.75) is 19.9 Å². The fourth-order valence-corrected chi connectivity index (χ4v) is 3.14. The molecule has 1 amide bonds. The second kappa shape index (κ2) is 7.66. The number of nitrogens with one attached hydrogen (secondary N) is 1. The Morgan fingerprint density at radius 1 is 1.19 bits per heavy atom. The van der Waals surface area contributed by atoms with E-state index in [4.69, 9.17) is 12.2 Å². The molecule has 1 heterocycles. The number of hydrogen-bond donors (Lipinski definition) is 1. The van der Waals surface area contributed by atoms with E-state index in [0.717, 1.165) is 12.0 Å². The second-order valence-corrected chi connectivity index (χ2v) is 6.65. The molecule has 2 aromatic carbocycles. The lowest BCUT2D eigenvalue weighted by atomic mass is 10.1. The van der Waals surface area contributed by atoms with Gasteiger partial charge in [0.05, 0.1) is 10.9 Å². The molecule has 0 radical (unpaired) electrons. The van der Waals surface area contributed by atoms with Crippen molar-refractivity contribution in [1.29, 1.82) is 0 Å². The first-order chi connectivity index (χ1) is 12.5. The monoisotopic (exact) mass is 367 g/mol. The van der Waals surface area contributed by atoms with Crippen LogP contribution in [0, 0.1) is 4.77 Å². The maximum atomic E-state index is 13.0. The minimum absolute atomic E-state index is 0.0578. The third-order valence-corrected chi connectivity index (χ3v) is 4.72. The number of H-pyrrole nitrogens is 1. The molecule has 0 atom stereocenters. The van der Waals surface area contributed by atoms with E-state index >= 15 is 0 Å². The van der Waals surface area contributed by atoms with E-state index < -0.39 is 0 Å². The Bertz CT molecular complexity index is 1050. The van der Waals surface area contributed by atoms with Crippen LogP contribution in [-0.4, -0.2) is 26.9 Å². The Labute approximate surface area is 156 Å². The highest BCUT2D eigenvalue weighted by molar-refractivity contribution is 7.71. The van der Waals surface area contributed by atoms with Crippen molar-refractivity contribution in [2.24, 2.45) is 7.05 Å². The summed E-state index contributed by atoms with van der Waals surface area (Å²) in [5.41, 5.74) is 2.04. The number of aromatic amines is 1. The molecule has 0 aliphatic rings. The minimum Gasteiger partial charge on any atom is -0.334 e. The van der Waals surface area contributed by atoms with Crippen molar-refractivity contribution in [3.05, 3.63) is 74.8 Å². The van der Waals surface area contributed by atoms with Gasteiger partial charge in [0.25, 0.3) is 11.5 Å². The number of aromatic nitrogens is 2. The third-order valence-electron chi connectivity index (χ3n) is 4.34. The van der Waals surface area contributed by atoms with Crippen LogP contribution in [-0.2, 0) is 13.6 Å². The number of rotatable bonds is 5. The molecule has 6 heteroatoms. The molecule has 0 bridgehead atoms. The standard InChI is InChI=1S/C20H21N3O2S/c1-3-11-23(13-14-7-5-4-6-8-14)18(24)15-9-10-16-17(12-15)21-20(26)22(2)19(16)25/h4-10,12H,3,11,13H2,1-2H3,(H,21,26). The van der Waals surface area contributed by atoms with E-state index in [1.807, 2.05) is 42.2 Å². The summed E-state index contributed by atoms with van der Waals surface area (Å²) in [7, 11) is 1.63. The molecule has 3 aromatic rings. The van der Waals surface area contributed by atoms with Crippen LogP contribution in [0.4, 0.5) is 0 Å². The van der Waals surface area contributed by atoms with Gasteiger partial charge in [-0.2, -0.15) is 0 Å². The van der Waals surface area contributed by atoms with Gasteiger partial charge in [0.1, 0.15) is 0 Å². The maximum absolute atomic E-state index is 13.0. The van der Waals surface area contributed by atoms with E-state index in [0.29, 0.717) is 34.3 Å². The van der Waals surface area contributed by atoms with Gasteiger partial charge in [0.15, 0.2) is 4.77 Å². The van der Waals surface area contributed by atoms with Crippen molar-refractivity contribution < 1.29 is 4.79 Å². The van der Waals surface area contributed by atoms with Gasteiger partial charge in [-0.25, -0.2) is 0 Å². The number of amides is 1. The first-order valence-corrected chi connectivity index (χ1v) is 8.98. The lowest BCUT2D eigenvalue weighted by Crippen LogP contribution is -2.31. The molecule has 0 saturated carbocycles. The number of carbonyl (C=O) groups excluding carboxylic acids is 1. The van der Waals surface area contributed by atoms with Crippen LogP contribution in [0.25, 0.3) is 10.9 Å². The summed E-state index contributed by atoms with van der Waals surface area (Å²) >= 11 is 5.17. The topological polar surface area (TPSA) is 58.1 Å². The fraction of sp³-hybridized carbons (Fsp3) is 0.250. The molecule has 134 valence electrons. The van der Waals surface area contributed by atoms with Crippen molar-refractivity contribution in [3.63, 3.8) is 0 Å². The van der Waals surface area contributed by atoms with E-state index in [1.165, 1.54) is 4.57 Å². The highest BCUT2D eigenvalue weighted by Crippen LogP contribution is 2.15. The van der Waals surface area contributed by atoms with Crippen LogP contribution >= 0.6 is 12.2 Å². The Morgan fingerprint density at radius 3 is 2.62 bits per heavy atom. The zero-order valence-electron chi connectivity index (χ0n) is 14.9. The van der Waals surface area contributed by atoms with Gasteiger partial charge in [-0.15, -0.1) is 0 Å². The number of hydrogen-bond acceptors (Lipinski definition) is 3. The Balaban J connectivity index is 1.97. The highest BCUT2D eigenvalue weighted by Gasteiger charge is 2.16. The summed E-state index contributed by atoms with van der Waals surface area (Å²) < 4.78 is 1.72. The molecule has 0 unspecified atom stereocenters. The molecule has 1 N–H and O–H groups in total. The normalized spacial score (nSPS) is 10.8. The van der Waals surface area contributed by atoms with Gasteiger partial charge in [-0.1, -0.05) is 37.3 Å². The number of benzene rings is 2. The van der Waals surface area contributed by atoms with Gasteiger partial charge in [-0.05, 0) is 42.4 Å². The molecule has 0 fully saturated rings. The second-order valence-electron chi connectivity index (χ2n) is 6.27. The van der Waals surface area contributed by atoms with Crippen LogP contribution in [0.15, 0.2) is 53.3 Å². The molecule has 0 spiro atoms. The average Bonchev–Trinajstić information content (AvgIpc) is 2.66. The van der Waals surface area contributed by atoms with Gasteiger partial charge in [-0.3, -0.25) is 14.2 Å². The summed E-state index contributed by atoms with van der Waals surface area (Å²) in [4.78, 5) is 30.2. The molecule has 0 saturated heterocycles. The third kappa shape index (κ3) is 3.60. The summed E-state index contributed by atoms with van der Waals surface area (Å²) in [6.07, 6.45) is 0.870. The van der Waals surface area contributed by atoms with Gasteiger partial charge >= 0.3 is 0 Å². The fourth-order valence-electron chi connectivity index (χ4n) is 2.95. The lowest BCUT2D eigenvalue weighted by Gasteiger charge is -2.22. The number of nitrogens with zero attached hydrogens (tertiary/aromatic N) is 2. The van der Waals surface area contributed by atoms with Gasteiger partial charge < -0.3 is 9.88 Å². The molecule has 0 aliphatic carbocycles. The van der Waals surface area contributed by atoms with Crippen LogP contribution in [0.1, 0.15) is 29.3 Å². The predicted molar refractivity (Wildman–Crippen MR) is 106 cm³/mol. The van der Waals surface area contributed by atoms with E-state index in [2.05, 4.69) is 4.98 Å². The maximum Gasteiger partial charge on any atom is 0.261 e. The van der Waals surface area contributed by atoms with Crippen molar-refractivity contribution in [1.82, 2.24) is 14.5 Å². The SMILES string of the molecule is CCCN(Cc1ccccc1)C(=O)c1ccc2c(=O)n(C)c(=S)[nH]c2c1. The Kier molecular flexibility index (Phi) is 5.32. The molecule has 0 aliphatic heterocycles. The van der Waals surface area contributed by atoms with Crippen LogP contribution in [0.5, 0.6) is 0 Å². The average molecular weight is 367 g/mol. The smallest absolute Gasteiger partial charge is 0.261 e. The predicted octanol–water partition coefficient (Wildman–Crippen LogP) is 3.65. The molecular weight excluding hydrogens is 346 g/mol. The van der Waals surface area contributed by atoms with Crippen LogP contribution < -0.4 is 5.56 Å². The zero-order chi connectivity index (χ0) is 18.7. The molecule has 3 rings (SSSR count). The van der Waals surface area contributed by atoms with Gasteiger partial charge in [0, 0.05) is 25.7 Å². The summed E-state index contributed by atoms with van der Waals surface area (Å²) in [5, 5.41) is 0.516. The Morgan fingerprint density at radius 2 is 1.92 bits per heavy atom. The summed E-state index contributed by atoms with van der Waals surface area (Å²) in [6.45, 7) is 3.27. The van der Waals surface area contributed by atoms with Crippen molar-refractivity contribution in [2.75, 3.05) is 6.54 Å². The molecule has 26 heavy (non-hydrogen) atoms. The minimum atomic E-state index is -0.169. The molecule has 5 nitrogen and oxygen atoms in total. The summed E-state index contributed by atoms with van der Waals surface area (Å²) in [6, 6.07) is 15.0. The van der Waals surface area contributed by atoms with E-state index in [1.54, 1.807) is 25.2 Å². The van der Waals surface area contributed by atoms with Crippen molar-refractivity contribution in [3.8, 4) is 0 Å². The largest absolute Gasteiger partial charge is 0.334 e. The highest BCUT2D eigenvalue weighted by atomic mass is 32.1. The zero-order valence-corrected chi connectivity index (χ0v) is 15.7.